The summed E-state index contributed by atoms with van der Waals surface area (Å²) in [6, 6.07) is 7.33. The van der Waals surface area contributed by atoms with Gasteiger partial charge in [-0.15, -0.1) is 0 Å². The molecule has 0 spiro atoms. The maximum Gasteiger partial charge on any atom is 0.243 e. The molecule has 19 heavy (non-hydrogen) atoms. The number of carbonyl (C=O) groups excluding carboxylic acids is 1. The van der Waals surface area contributed by atoms with E-state index >= 15 is 0 Å². The number of fused-ring (bicyclic) bond motifs is 1. The van der Waals surface area contributed by atoms with Crippen LogP contribution in [0.4, 0.5) is 0 Å². The first-order valence-electron chi connectivity index (χ1n) is 5.67. The number of carbonyl (C=O) groups is 1. The summed E-state index contributed by atoms with van der Waals surface area (Å²) < 4.78 is 10.4. The monoisotopic (exact) mass is 254 g/mol. The van der Waals surface area contributed by atoms with Gasteiger partial charge < -0.3 is 9.15 Å². The van der Waals surface area contributed by atoms with E-state index < -0.39 is 0 Å². The van der Waals surface area contributed by atoms with Crippen LogP contribution in [-0.4, -0.2) is 22.9 Å². The van der Waals surface area contributed by atoms with E-state index in [1.54, 1.807) is 6.07 Å². The van der Waals surface area contributed by atoms with Crippen LogP contribution in [0.1, 0.15) is 16.1 Å². The lowest BCUT2D eigenvalue weighted by Crippen LogP contribution is -2.07. The predicted molar refractivity (Wildman–Crippen MR) is 68.2 cm³/mol. The largest absolute Gasteiger partial charge is 0.479 e. The Labute approximate surface area is 108 Å². The normalized spacial score (nSPS) is 10.6. The minimum Gasteiger partial charge on any atom is -0.479 e. The van der Waals surface area contributed by atoms with Gasteiger partial charge in [-0.2, -0.15) is 0 Å². The number of methoxy groups -OCH3 is 1. The van der Waals surface area contributed by atoms with Gasteiger partial charge >= 0.3 is 0 Å². The summed E-state index contributed by atoms with van der Waals surface area (Å²) in [5.41, 5.74) is 1.29. The van der Waals surface area contributed by atoms with E-state index in [0.29, 0.717) is 11.1 Å². The van der Waals surface area contributed by atoms with Crippen molar-refractivity contribution in [2.75, 3.05) is 7.11 Å². The molecular formula is C14H10N2O3. The highest BCUT2D eigenvalue weighted by molar-refractivity contribution is 6.15. The highest BCUT2D eigenvalue weighted by atomic mass is 16.5. The minimum absolute atomic E-state index is 0.177. The molecule has 0 unspecified atom stereocenters. The van der Waals surface area contributed by atoms with E-state index in [1.165, 1.54) is 25.8 Å². The molecule has 3 aromatic rings. The van der Waals surface area contributed by atoms with E-state index in [-0.39, 0.29) is 17.4 Å². The van der Waals surface area contributed by atoms with E-state index in [4.69, 9.17) is 9.15 Å². The van der Waals surface area contributed by atoms with Crippen LogP contribution in [0.2, 0.25) is 0 Å². The molecule has 0 bridgehead atoms. The fourth-order valence-corrected chi connectivity index (χ4v) is 1.91. The fraction of sp³-hybridized carbons (Fsp3) is 0.0714. The Bertz CT molecular complexity index is 749. The van der Waals surface area contributed by atoms with Crippen LogP contribution in [0, 0.1) is 0 Å². The molecule has 0 radical (unpaired) electrons. The SMILES string of the molecule is COc1nccnc1C(=O)c1coc2ccccc12. The average Bonchev–Trinajstić information content (AvgIpc) is 2.90. The molecule has 0 saturated heterocycles. The lowest BCUT2D eigenvalue weighted by molar-refractivity contribution is 0.103. The van der Waals surface area contributed by atoms with Gasteiger partial charge in [-0.3, -0.25) is 4.79 Å². The summed E-state index contributed by atoms with van der Waals surface area (Å²) >= 11 is 0. The van der Waals surface area contributed by atoms with E-state index in [1.807, 2.05) is 18.2 Å². The number of nitrogens with zero attached hydrogens (tertiary/aromatic N) is 2. The van der Waals surface area contributed by atoms with Crippen molar-refractivity contribution >= 4 is 16.8 Å². The maximum absolute atomic E-state index is 12.5. The van der Waals surface area contributed by atoms with E-state index in [0.717, 1.165) is 5.39 Å². The average molecular weight is 254 g/mol. The van der Waals surface area contributed by atoms with Gasteiger partial charge in [0, 0.05) is 17.8 Å². The van der Waals surface area contributed by atoms with Gasteiger partial charge in [0.05, 0.1) is 12.7 Å². The molecule has 1 aromatic carbocycles. The quantitative estimate of drug-likeness (QED) is 0.672. The number of hydrogen-bond acceptors (Lipinski definition) is 5. The van der Waals surface area contributed by atoms with Crippen LogP contribution in [0.25, 0.3) is 11.0 Å². The predicted octanol–water partition coefficient (Wildman–Crippen LogP) is 2.46. The number of hydrogen-bond donors (Lipinski definition) is 0. The second kappa shape index (κ2) is 4.53. The smallest absolute Gasteiger partial charge is 0.243 e. The molecule has 5 heteroatoms. The molecule has 0 aliphatic rings. The zero-order valence-corrected chi connectivity index (χ0v) is 10.2. The summed E-state index contributed by atoms with van der Waals surface area (Å²) in [5, 5.41) is 0.750. The Hall–Kier alpha value is -2.69. The van der Waals surface area contributed by atoms with Crippen LogP contribution >= 0.6 is 0 Å². The lowest BCUT2D eigenvalue weighted by atomic mass is 10.1. The van der Waals surface area contributed by atoms with Crippen molar-refractivity contribution in [1.29, 1.82) is 0 Å². The second-order valence-corrected chi connectivity index (χ2v) is 3.89. The van der Waals surface area contributed by atoms with Crippen molar-refractivity contribution in [1.82, 2.24) is 9.97 Å². The first-order valence-corrected chi connectivity index (χ1v) is 5.67. The topological polar surface area (TPSA) is 65.2 Å². The number of para-hydroxylation sites is 1. The number of rotatable bonds is 3. The van der Waals surface area contributed by atoms with Crippen LogP contribution < -0.4 is 4.74 Å². The Kier molecular flexibility index (Phi) is 2.72. The van der Waals surface area contributed by atoms with Gasteiger partial charge in [0.1, 0.15) is 11.8 Å². The summed E-state index contributed by atoms with van der Waals surface area (Å²) in [7, 11) is 1.45. The third-order valence-corrected chi connectivity index (χ3v) is 2.80. The van der Waals surface area contributed by atoms with Crippen LogP contribution in [0.5, 0.6) is 5.88 Å². The Balaban J connectivity index is 2.14. The summed E-state index contributed by atoms with van der Waals surface area (Å²) in [6.07, 6.45) is 4.36. The Morgan fingerprint density at radius 2 is 2.00 bits per heavy atom. The number of aromatic nitrogens is 2. The number of benzene rings is 1. The van der Waals surface area contributed by atoms with Gasteiger partial charge in [-0.1, -0.05) is 18.2 Å². The summed E-state index contributed by atoms with van der Waals surface area (Å²) in [4.78, 5) is 20.5. The van der Waals surface area contributed by atoms with Gasteiger partial charge in [-0.05, 0) is 6.07 Å². The standard InChI is InChI=1S/C14H10N2O3/c1-18-14-12(15-6-7-16-14)13(17)10-8-19-11-5-3-2-4-9(10)11/h2-8H,1H3. The van der Waals surface area contributed by atoms with Crippen molar-refractivity contribution in [3.05, 3.63) is 54.2 Å². The number of furan rings is 1. The van der Waals surface area contributed by atoms with Gasteiger partial charge in [0.2, 0.25) is 11.7 Å². The lowest BCUT2D eigenvalue weighted by Gasteiger charge is -2.03. The van der Waals surface area contributed by atoms with Gasteiger partial charge in [0.15, 0.2) is 5.69 Å². The first-order chi connectivity index (χ1) is 9.31. The molecule has 0 fully saturated rings. The highest BCUT2D eigenvalue weighted by Crippen LogP contribution is 2.24. The zero-order chi connectivity index (χ0) is 13.2. The molecule has 0 aliphatic heterocycles. The molecule has 0 amide bonds. The highest BCUT2D eigenvalue weighted by Gasteiger charge is 2.20. The molecule has 0 saturated carbocycles. The van der Waals surface area contributed by atoms with Crippen LogP contribution in [0.3, 0.4) is 0 Å². The number of ether oxygens (including phenoxy) is 1. The molecule has 94 valence electrons. The minimum atomic E-state index is -0.269. The third kappa shape index (κ3) is 1.85. The van der Waals surface area contributed by atoms with Crippen molar-refractivity contribution in [3.63, 3.8) is 0 Å². The molecular weight excluding hydrogens is 244 g/mol. The fourth-order valence-electron chi connectivity index (χ4n) is 1.91. The van der Waals surface area contributed by atoms with Crippen molar-refractivity contribution < 1.29 is 13.9 Å². The molecule has 2 aromatic heterocycles. The second-order valence-electron chi connectivity index (χ2n) is 3.89. The molecule has 0 N–H and O–H groups in total. The number of ketones is 1. The summed E-state index contributed by atoms with van der Waals surface area (Å²) in [5.74, 6) is -0.0623. The molecule has 0 atom stereocenters. The molecule has 2 heterocycles. The third-order valence-electron chi connectivity index (χ3n) is 2.80. The van der Waals surface area contributed by atoms with Gasteiger partial charge in [-0.25, -0.2) is 9.97 Å². The van der Waals surface area contributed by atoms with Crippen molar-refractivity contribution in [2.24, 2.45) is 0 Å². The zero-order valence-electron chi connectivity index (χ0n) is 10.2. The van der Waals surface area contributed by atoms with Crippen molar-refractivity contribution in [2.45, 2.75) is 0 Å². The first kappa shape index (κ1) is 11.4. The Morgan fingerprint density at radius 3 is 2.84 bits per heavy atom. The summed E-state index contributed by atoms with van der Waals surface area (Å²) in [6.45, 7) is 0. The molecule has 0 aliphatic carbocycles. The molecule has 3 rings (SSSR count). The van der Waals surface area contributed by atoms with E-state index in [2.05, 4.69) is 9.97 Å². The molecule has 5 nitrogen and oxygen atoms in total. The Morgan fingerprint density at radius 1 is 1.21 bits per heavy atom. The van der Waals surface area contributed by atoms with Crippen LogP contribution in [0.15, 0.2) is 47.3 Å². The van der Waals surface area contributed by atoms with Crippen molar-refractivity contribution in [3.8, 4) is 5.88 Å². The van der Waals surface area contributed by atoms with E-state index in [9.17, 15) is 4.79 Å². The maximum atomic E-state index is 12.5. The van der Waals surface area contributed by atoms with Gasteiger partial charge in [0.25, 0.3) is 0 Å². The van der Waals surface area contributed by atoms with Crippen LogP contribution in [-0.2, 0) is 0 Å².